The first kappa shape index (κ1) is 15.2. The molecular formula is C12H18N4O2S2. The van der Waals surface area contributed by atoms with E-state index in [-0.39, 0.29) is 0 Å². The highest BCUT2D eigenvalue weighted by atomic mass is 32.2. The molecule has 0 saturated heterocycles. The van der Waals surface area contributed by atoms with Gasteiger partial charge in [0.15, 0.2) is 0 Å². The van der Waals surface area contributed by atoms with Crippen molar-refractivity contribution in [1.82, 2.24) is 14.1 Å². The fraction of sp³-hybridized carbons (Fsp3) is 0.417. The molecule has 2 rings (SSSR count). The maximum atomic E-state index is 12.4. The number of aryl methyl sites for hydroxylation is 1. The van der Waals surface area contributed by atoms with Crippen molar-refractivity contribution in [3.63, 3.8) is 0 Å². The van der Waals surface area contributed by atoms with Gasteiger partial charge < -0.3 is 5.73 Å². The van der Waals surface area contributed by atoms with E-state index in [0.29, 0.717) is 23.7 Å². The molecule has 2 aromatic heterocycles. The van der Waals surface area contributed by atoms with E-state index >= 15 is 0 Å². The lowest BCUT2D eigenvalue weighted by Gasteiger charge is -2.14. The lowest BCUT2D eigenvalue weighted by molar-refractivity contribution is 0.468. The first-order chi connectivity index (χ1) is 9.43. The fourth-order valence-corrected chi connectivity index (χ4v) is 4.56. The number of nitrogens with two attached hydrogens (primary N) is 1. The Kier molecular flexibility index (Phi) is 4.59. The van der Waals surface area contributed by atoms with Crippen LogP contribution in [0, 0.1) is 0 Å². The number of aromatic nitrogens is 2. The minimum absolute atomic E-state index is 0.306. The van der Waals surface area contributed by atoms with Gasteiger partial charge in [-0.2, -0.15) is 9.40 Å². The molecule has 20 heavy (non-hydrogen) atoms. The van der Waals surface area contributed by atoms with Gasteiger partial charge >= 0.3 is 0 Å². The molecule has 0 unspecified atom stereocenters. The second-order valence-electron chi connectivity index (χ2n) is 4.54. The van der Waals surface area contributed by atoms with Crippen molar-refractivity contribution < 1.29 is 8.42 Å². The quantitative estimate of drug-likeness (QED) is 0.855. The molecular weight excluding hydrogens is 296 g/mol. The van der Waals surface area contributed by atoms with Crippen molar-refractivity contribution >= 4 is 21.4 Å². The molecule has 0 bridgehead atoms. The normalized spacial score (nSPS) is 12.2. The molecule has 0 spiro atoms. The third kappa shape index (κ3) is 3.26. The molecule has 0 amide bonds. The summed E-state index contributed by atoms with van der Waals surface area (Å²) in [5.74, 6) is 0. The number of hydrogen-bond acceptors (Lipinski definition) is 5. The van der Waals surface area contributed by atoms with Gasteiger partial charge in [0.05, 0.1) is 6.20 Å². The van der Waals surface area contributed by atoms with Crippen LogP contribution >= 0.6 is 11.3 Å². The largest absolute Gasteiger partial charge is 0.330 e. The van der Waals surface area contributed by atoms with E-state index in [9.17, 15) is 8.42 Å². The minimum atomic E-state index is -3.45. The molecule has 0 aliphatic heterocycles. The summed E-state index contributed by atoms with van der Waals surface area (Å²) in [6.45, 7) is 0.825. The summed E-state index contributed by atoms with van der Waals surface area (Å²) in [4.78, 5) is 0.987. The van der Waals surface area contributed by atoms with Crippen LogP contribution in [0.15, 0.2) is 28.7 Å². The Morgan fingerprint density at radius 1 is 1.45 bits per heavy atom. The van der Waals surface area contributed by atoms with Crippen LogP contribution in [0.4, 0.5) is 0 Å². The Labute approximate surface area is 122 Å². The van der Waals surface area contributed by atoms with Gasteiger partial charge in [-0.15, -0.1) is 11.3 Å². The molecule has 110 valence electrons. The van der Waals surface area contributed by atoms with Gasteiger partial charge in [-0.05, 0) is 25.1 Å². The van der Waals surface area contributed by atoms with Gasteiger partial charge in [-0.25, -0.2) is 8.42 Å². The second kappa shape index (κ2) is 6.04. The Morgan fingerprint density at radius 2 is 2.20 bits per heavy atom. The zero-order valence-electron chi connectivity index (χ0n) is 11.5. The van der Waals surface area contributed by atoms with Gasteiger partial charge in [0.1, 0.15) is 4.21 Å². The summed E-state index contributed by atoms with van der Waals surface area (Å²) >= 11 is 1.28. The van der Waals surface area contributed by atoms with E-state index in [2.05, 4.69) is 5.10 Å². The molecule has 0 radical (unpaired) electrons. The van der Waals surface area contributed by atoms with E-state index in [4.69, 9.17) is 5.73 Å². The van der Waals surface area contributed by atoms with Crippen molar-refractivity contribution in [3.8, 4) is 0 Å². The predicted octanol–water partition coefficient (Wildman–Crippen LogP) is 0.803. The number of sulfonamides is 1. The van der Waals surface area contributed by atoms with Crippen LogP contribution < -0.4 is 5.73 Å². The third-order valence-electron chi connectivity index (χ3n) is 2.86. The van der Waals surface area contributed by atoms with Crippen molar-refractivity contribution in [1.29, 1.82) is 0 Å². The Hall–Kier alpha value is -1.22. The van der Waals surface area contributed by atoms with Crippen LogP contribution in [0.2, 0.25) is 0 Å². The van der Waals surface area contributed by atoms with Gasteiger partial charge in [-0.1, -0.05) is 0 Å². The Bertz CT molecular complexity index is 675. The van der Waals surface area contributed by atoms with Crippen molar-refractivity contribution in [2.45, 2.75) is 17.2 Å². The Balaban J connectivity index is 2.15. The van der Waals surface area contributed by atoms with Crippen molar-refractivity contribution in [2.24, 2.45) is 12.8 Å². The molecule has 8 heteroatoms. The summed E-state index contributed by atoms with van der Waals surface area (Å²) in [7, 11) is -0.0754. The van der Waals surface area contributed by atoms with Gasteiger partial charge in [0.2, 0.25) is 0 Å². The molecule has 0 saturated carbocycles. The molecule has 0 atom stereocenters. The highest BCUT2D eigenvalue weighted by Gasteiger charge is 2.23. The average molecular weight is 314 g/mol. The topological polar surface area (TPSA) is 81.2 Å². The first-order valence-corrected chi connectivity index (χ1v) is 8.42. The summed E-state index contributed by atoms with van der Waals surface area (Å²) < 4.78 is 28.2. The maximum absolute atomic E-state index is 12.4. The molecule has 0 aliphatic rings. The lowest BCUT2D eigenvalue weighted by Crippen LogP contribution is -2.25. The standard InChI is InChI=1S/C12H18N4O2S2/c1-15-8-10(7-14-15)9-16(2)20(17,18)12-4-3-11(19-12)5-6-13/h3-4,7-8H,5-6,9,13H2,1-2H3. The SMILES string of the molecule is CN(Cc1cnn(C)c1)S(=O)(=O)c1ccc(CCN)s1. The summed E-state index contributed by atoms with van der Waals surface area (Å²) in [5, 5.41) is 4.04. The van der Waals surface area contributed by atoms with Crippen LogP contribution in [-0.4, -0.2) is 36.1 Å². The van der Waals surface area contributed by atoms with Gasteiger partial charge in [-0.3, -0.25) is 4.68 Å². The van der Waals surface area contributed by atoms with Crippen LogP contribution in [0.3, 0.4) is 0 Å². The molecule has 0 fully saturated rings. The molecule has 2 aromatic rings. The molecule has 0 aliphatic carbocycles. The highest BCUT2D eigenvalue weighted by Crippen LogP contribution is 2.25. The smallest absolute Gasteiger partial charge is 0.252 e. The highest BCUT2D eigenvalue weighted by molar-refractivity contribution is 7.91. The third-order valence-corrected chi connectivity index (χ3v) is 6.27. The molecule has 2 N–H and O–H groups in total. The monoisotopic (exact) mass is 314 g/mol. The molecule has 0 aromatic carbocycles. The number of nitrogens with zero attached hydrogens (tertiary/aromatic N) is 3. The molecule has 2 heterocycles. The van der Waals surface area contributed by atoms with E-state index in [1.54, 1.807) is 37.2 Å². The number of thiophene rings is 1. The van der Waals surface area contributed by atoms with E-state index in [0.717, 1.165) is 10.4 Å². The van der Waals surface area contributed by atoms with E-state index in [1.807, 2.05) is 6.07 Å². The average Bonchev–Trinajstić information content (AvgIpc) is 2.99. The first-order valence-electron chi connectivity index (χ1n) is 6.16. The molecule has 6 nitrogen and oxygen atoms in total. The summed E-state index contributed by atoms with van der Waals surface area (Å²) in [5.41, 5.74) is 6.34. The summed E-state index contributed by atoms with van der Waals surface area (Å²) in [6.07, 6.45) is 4.17. The second-order valence-corrected chi connectivity index (χ2v) is 7.98. The summed E-state index contributed by atoms with van der Waals surface area (Å²) in [6, 6.07) is 3.47. The van der Waals surface area contributed by atoms with Crippen LogP contribution in [0.25, 0.3) is 0 Å². The Morgan fingerprint density at radius 3 is 2.80 bits per heavy atom. The maximum Gasteiger partial charge on any atom is 0.252 e. The van der Waals surface area contributed by atoms with Gasteiger partial charge in [0.25, 0.3) is 10.0 Å². The minimum Gasteiger partial charge on any atom is -0.330 e. The lowest BCUT2D eigenvalue weighted by atomic mass is 10.3. The fourth-order valence-electron chi connectivity index (χ4n) is 1.82. The zero-order chi connectivity index (χ0) is 14.8. The van der Waals surface area contributed by atoms with Crippen LogP contribution in [0.5, 0.6) is 0 Å². The van der Waals surface area contributed by atoms with Crippen LogP contribution in [0.1, 0.15) is 10.4 Å². The van der Waals surface area contributed by atoms with Gasteiger partial charge in [0, 0.05) is 37.3 Å². The van der Waals surface area contributed by atoms with Crippen molar-refractivity contribution in [2.75, 3.05) is 13.6 Å². The predicted molar refractivity (Wildman–Crippen MR) is 78.9 cm³/mol. The van der Waals surface area contributed by atoms with E-state index in [1.165, 1.54) is 15.6 Å². The van der Waals surface area contributed by atoms with Crippen LogP contribution in [-0.2, 0) is 30.0 Å². The van der Waals surface area contributed by atoms with E-state index < -0.39 is 10.0 Å². The number of hydrogen-bond donors (Lipinski definition) is 1. The number of rotatable bonds is 6. The van der Waals surface area contributed by atoms with Crippen molar-refractivity contribution in [3.05, 3.63) is 35.0 Å². The zero-order valence-corrected chi connectivity index (χ0v) is 13.1.